The summed E-state index contributed by atoms with van der Waals surface area (Å²) in [6.45, 7) is 3.98. The van der Waals surface area contributed by atoms with Crippen LogP contribution in [0.4, 0.5) is 0 Å². The number of amides is 1. The van der Waals surface area contributed by atoms with E-state index in [0.29, 0.717) is 25.4 Å². The molecule has 2 aromatic rings. The van der Waals surface area contributed by atoms with Gasteiger partial charge in [-0.15, -0.1) is 0 Å². The van der Waals surface area contributed by atoms with Crippen LogP contribution >= 0.6 is 0 Å². The van der Waals surface area contributed by atoms with Crippen LogP contribution in [0.25, 0.3) is 11.0 Å². The molecule has 0 radical (unpaired) electrons. The molecule has 5 heteroatoms. The Balaban J connectivity index is 1.79. The smallest absolute Gasteiger partial charge is 0.274 e. The van der Waals surface area contributed by atoms with E-state index in [9.17, 15) is 4.79 Å². The number of benzene rings is 1. The number of carbonyl (C=O) groups excluding carboxylic acids is 1. The Kier molecular flexibility index (Phi) is 4.10. The van der Waals surface area contributed by atoms with Gasteiger partial charge in [0.05, 0.1) is 29.9 Å². The average molecular weight is 285 g/mol. The van der Waals surface area contributed by atoms with Gasteiger partial charge in [0, 0.05) is 13.1 Å². The van der Waals surface area contributed by atoms with Gasteiger partial charge in [-0.25, -0.2) is 4.98 Å². The van der Waals surface area contributed by atoms with Crippen molar-refractivity contribution < 1.29 is 9.53 Å². The van der Waals surface area contributed by atoms with E-state index >= 15 is 0 Å². The SMILES string of the molecule is CCCC1CN(C(=O)c2cnc3ccccc3n2)CCO1. The molecule has 1 atom stereocenters. The third-order valence-corrected chi connectivity index (χ3v) is 3.70. The van der Waals surface area contributed by atoms with Crippen molar-refractivity contribution in [3.8, 4) is 0 Å². The lowest BCUT2D eigenvalue weighted by Crippen LogP contribution is -2.45. The van der Waals surface area contributed by atoms with Crippen LogP contribution in [0.3, 0.4) is 0 Å². The second-order valence-corrected chi connectivity index (χ2v) is 5.28. The van der Waals surface area contributed by atoms with Gasteiger partial charge in [0.25, 0.3) is 5.91 Å². The highest BCUT2D eigenvalue weighted by Gasteiger charge is 2.25. The van der Waals surface area contributed by atoms with Crippen LogP contribution in [0.2, 0.25) is 0 Å². The molecule has 0 N–H and O–H groups in total. The monoisotopic (exact) mass is 285 g/mol. The van der Waals surface area contributed by atoms with E-state index in [-0.39, 0.29) is 12.0 Å². The van der Waals surface area contributed by atoms with Crippen LogP contribution in [0, 0.1) is 0 Å². The Morgan fingerprint density at radius 3 is 3.00 bits per heavy atom. The number of nitrogens with zero attached hydrogens (tertiary/aromatic N) is 3. The summed E-state index contributed by atoms with van der Waals surface area (Å²) in [4.78, 5) is 23.1. The molecule has 1 unspecified atom stereocenters. The molecular weight excluding hydrogens is 266 g/mol. The number of fused-ring (bicyclic) bond motifs is 1. The van der Waals surface area contributed by atoms with Crippen LogP contribution in [0.15, 0.2) is 30.5 Å². The minimum Gasteiger partial charge on any atom is -0.375 e. The summed E-state index contributed by atoms with van der Waals surface area (Å²) in [7, 11) is 0. The molecule has 1 saturated heterocycles. The number of carbonyl (C=O) groups is 1. The largest absolute Gasteiger partial charge is 0.375 e. The fourth-order valence-corrected chi connectivity index (χ4v) is 2.62. The van der Waals surface area contributed by atoms with Gasteiger partial charge in [0.2, 0.25) is 0 Å². The van der Waals surface area contributed by atoms with E-state index in [1.54, 1.807) is 6.20 Å². The summed E-state index contributed by atoms with van der Waals surface area (Å²) in [5.41, 5.74) is 1.97. The maximum absolute atomic E-state index is 12.6. The fourth-order valence-electron chi connectivity index (χ4n) is 2.62. The maximum atomic E-state index is 12.6. The molecule has 2 heterocycles. The molecule has 3 rings (SSSR count). The van der Waals surface area contributed by atoms with E-state index in [0.717, 1.165) is 23.9 Å². The lowest BCUT2D eigenvalue weighted by Gasteiger charge is -2.32. The predicted molar refractivity (Wildman–Crippen MR) is 80.1 cm³/mol. The van der Waals surface area contributed by atoms with Gasteiger partial charge in [-0.3, -0.25) is 9.78 Å². The third-order valence-electron chi connectivity index (χ3n) is 3.70. The summed E-state index contributed by atoms with van der Waals surface area (Å²) >= 11 is 0. The number of aromatic nitrogens is 2. The van der Waals surface area contributed by atoms with E-state index < -0.39 is 0 Å². The molecule has 21 heavy (non-hydrogen) atoms. The summed E-state index contributed by atoms with van der Waals surface area (Å²) in [5.74, 6) is -0.0577. The molecular formula is C16H19N3O2. The number of hydrogen-bond acceptors (Lipinski definition) is 4. The summed E-state index contributed by atoms with van der Waals surface area (Å²) in [6.07, 6.45) is 3.74. The Morgan fingerprint density at radius 1 is 1.38 bits per heavy atom. The van der Waals surface area contributed by atoms with E-state index in [2.05, 4.69) is 16.9 Å². The van der Waals surface area contributed by atoms with Crippen molar-refractivity contribution in [1.29, 1.82) is 0 Å². The number of hydrogen-bond donors (Lipinski definition) is 0. The summed E-state index contributed by atoms with van der Waals surface area (Å²) in [6, 6.07) is 7.58. The number of morpholine rings is 1. The summed E-state index contributed by atoms with van der Waals surface area (Å²) in [5, 5.41) is 0. The first-order valence-electron chi connectivity index (χ1n) is 7.40. The second kappa shape index (κ2) is 6.18. The van der Waals surface area contributed by atoms with Crippen molar-refractivity contribution in [2.75, 3.05) is 19.7 Å². The Morgan fingerprint density at radius 2 is 2.19 bits per heavy atom. The predicted octanol–water partition coefficient (Wildman–Crippen LogP) is 2.27. The summed E-state index contributed by atoms with van der Waals surface area (Å²) < 4.78 is 5.67. The van der Waals surface area contributed by atoms with Gasteiger partial charge in [-0.1, -0.05) is 25.5 Å². The fraction of sp³-hybridized carbons (Fsp3) is 0.438. The number of rotatable bonds is 3. The number of ether oxygens (including phenoxy) is 1. The van der Waals surface area contributed by atoms with Crippen molar-refractivity contribution in [3.05, 3.63) is 36.2 Å². The van der Waals surface area contributed by atoms with Gasteiger partial charge < -0.3 is 9.64 Å². The van der Waals surface area contributed by atoms with Crippen molar-refractivity contribution in [1.82, 2.24) is 14.9 Å². The van der Waals surface area contributed by atoms with Gasteiger partial charge in [-0.2, -0.15) is 0 Å². The molecule has 110 valence electrons. The molecule has 0 saturated carbocycles. The molecule has 1 fully saturated rings. The molecule has 1 aromatic heterocycles. The zero-order valence-corrected chi connectivity index (χ0v) is 12.2. The molecule has 1 aliphatic rings. The van der Waals surface area contributed by atoms with Crippen LogP contribution in [0.5, 0.6) is 0 Å². The first kappa shape index (κ1) is 13.9. The normalized spacial score (nSPS) is 18.9. The maximum Gasteiger partial charge on any atom is 0.274 e. The molecule has 0 spiro atoms. The van der Waals surface area contributed by atoms with E-state index in [4.69, 9.17) is 4.74 Å². The van der Waals surface area contributed by atoms with Crippen molar-refractivity contribution in [2.24, 2.45) is 0 Å². The van der Waals surface area contributed by atoms with Crippen LogP contribution in [-0.4, -0.2) is 46.6 Å². The van der Waals surface area contributed by atoms with Crippen molar-refractivity contribution in [2.45, 2.75) is 25.9 Å². The first-order chi connectivity index (χ1) is 10.3. The minimum absolute atomic E-state index is 0.0577. The standard InChI is InChI=1S/C16H19N3O2/c1-2-5-12-11-19(8-9-21-12)16(20)15-10-17-13-6-3-4-7-14(13)18-15/h3-4,6-7,10,12H,2,5,8-9,11H2,1H3. The highest BCUT2D eigenvalue weighted by molar-refractivity contribution is 5.93. The van der Waals surface area contributed by atoms with E-state index in [1.807, 2.05) is 29.2 Å². The molecule has 5 nitrogen and oxygen atoms in total. The van der Waals surface area contributed by atoms with Gasteiger partial charge in [0.15, 0.2) is 0 Å². The third kappa shape index (κ3) is 3.03. The second-order valence-electron chi connectivity index (χ2n) is 5.28. The Labute approximate surface area is 124 Å². The minimum atomic E-state index is -0.0577. The quantitative estimate of drug-likeness (QED) is 0.868. The van der Waals surface area contributed by atoms with Crippen LogP contribution in [0.1, 0.15) is 30.3 Å². The topological polar surface area (TPSA) is 55.3 Å². The zero-order valence-electron chi connectivity index (χ0n) is 12.2. The van der Waals surface area contributed by atoms with Gasteiger partial charge >= 0.3 is 0 Å². The van der Waals surface area contributed by atoms with E-state index in [1.165, 1.54) is 0 Å². The highest BCUT2D eigenvalue weighted by Crippen LogP contribution is 2.14. The first-order valence-corrected chi connectivity index (χ1v) is 7.40. The Hall–Kier alpha value is -2.01. The highest BCUT2D eigenvalue weighted by atomic mass is 16.5. The molecule has 0 bridgehead atoms. The lowest BCUT2D eigenvalue weighted by atomic mass is 10.1. The number of para-hydroxylation sites is 2. The van der Waals surface area contributed by atoms with Crippen molar-refractivity contribution in [3.63, 3.8) is 0 Å². The molecule has 1 aromatic carbocycles. The average Bonchev–Trinajstić information content (AvgIpc) is 2.54. The van der Waals surface area contributed by atoms with Crippen molar-refractivity contribution >= 4 is 16.9 Å². The van der Waals surface area contributed by atoms with Gasteiger partial charge in [-0.05, 0) is 18.6 Å². The van der Waals surface area contributed by atoms with Crippen LogP contribution < -0.4 is 0 Å². The zero-order chi connectivity index (χ0) is 14.7. The molecule has 0 aliphatic carbocycles. The Bertz CT molecular complexity index is 642. The molecule has 1 aliphatic heterocycles. The molecule has 1 amide bonds. The van der Waals surface area contributed by atoms with Crippen LogP contribution in [-0.2, 0) is 4.74 Å². The van der Waals surface area contributed by atoms with Gasteiger partial charge in [0.1, 0.15) is 5.69 Å². The lowest BCUT2D eigenvalue weighted by molar-refractivity contribution is -0.0252.